The number of aryl methyl sites for hydroxylation is 3. The molecule has 0 spiro atoms. The quantitative estimate of drug-likeness (QED) is 0.346. The number of fused-ring (bicyclic) bond motifs is 1. The molecule has 1 aliphatic rings. The van der Waals surface area contributed by atoms with E-state index in [4.69, 9.17) is 4.98 Å². The Kier molecular flexibility index (Phi) is 6.50. The van der Waals surface area contributed by atoms with Crippen LogP contribution in [0.15, 0.2) is 96.3 Å². The molecule has 0 fully saturated rings. The number of benzene rings is 3. The molecule has 2 atom stereocenters. The molecule has 3 nitrogen and oxygen atoms in total. The van der Waals surface area contributed by atoms with Crippen LogP contribution in [0.3, 0.4) is 0 Å². The number of hydrogen-bond donors (Lipinski definition) is 1. The van der Waals surface area contributed by atoms with Crippen molar-refractivity contribution in [1.82, 2.24) is 14.9 Å². The Balaban J connectivity index is 1.38. The zero-order valence-electron chi connectivity index (χ0n) is 20.4. The molecule has 0 bridgehead atoms. The van der Waals surface area contributed by atoms with Crippen LogP contribution in [0.1, 0.15) is 23.9 Å². The van der Waals surface area contributed by atoms with Gasteiger partial charge < -0.3 is 9.88 Å². The summed E-state index contributed by atoms with van der Waals surface area (Å²) in [5.41, 5.74) is 4.88. The summed E-state index contributed by atoms with van der Waals surface area (Å²) in [7, 11) is 1.54. The first kappa shape index (κ1) is 22.8. The summed E-state index contributed by atoms with van der Waals surface area (Å²) in [5, 5.41) is 8.10. The molecule has 0 amide bonds. The predicted molar refractivity (Wildman–Crippen MR) is 146 cm³/mol. The number of nitrogens with one attached hydrogen (secondary N) is 1. The second kappa shape index (κ2) is 9.70. The van der Waals surface area contributed by atoms with Gasteiger partial charge in [0.25, 0.3) is 0 Å². The van der Waals surface area contributed by atoms with Crippen LogP contribution in [0.4, 0.5) is 0 Å². The standard InChI is InChI=1S/C30H32N3P/c1-21-18-27-28(19-22(21)2)33(4)30(32-27)20-31-23(3)26-16-11-17-29(26)34(24-12-7-5-8-13-24)25-14-9-6-10-15-25/h5-19,23,26,31H,20H2,1-4H3/t23-,26?/m0/s1. The maximum atomic E-state index is 4.93. The second-order valence-electron chi connectivity index (χ2n) is 9.19. The van der Waals surface area contributed by atoms with Gasteiger partial charge >= 0.3 is 0 Å². The van der Waals surface area contributed by atoms with Gasteiger partial charge in [-0.3, -0.25) is 0 Å². The van der Waals surface area contributed by atoms with Crippen LogP contribution < -0.4 is 15.9 Å². The van der Waals surface area contributed by atoms with Gasteiger partial charge in [-0.05, 0) is 67.9 Å². The van der Waals surface area contributed by atoms with E-state index in [9.17, 15) is 0 Å². The number of imidazole rings is 1. The van der Waals surface area contributed by atoms with Crippen LogP contribution in [0, 0.1) is 19.8 Å². The van der Waals surface area contributed by atoms with Gasteiger partial charge in [0.05, 0.1) is 17.6 Å². The summed E-state index contributed by atoms with van der Waals surface area (Å²) in [6.07, 6.45) is 6.94. The Morgan fingerprint density at radius 1 is 0.941 bits per heavy atom. The number of rotatable bonds is 7. The third-order valence-electron chi connectivity index (χ3n) is 6.92. The third kappa shape index (κ3) is 4.39. The lowest BCUT2D eigenvalue weighted by Crippen LogP contribution is -2.34. The molecule has 1 unspecified atom stereocenters. The zero-order valence-corrected chi connectivity index (χ0v) is 21.3. The van der Waals surface area contributed by atoms with Crippen molar-refractivity contribution in [3.8, 4) is 0 Å². The summed E-state index contributed by atoms with van der Waals surface area (Å²) in [6, 6.07) is 26.7. The van der Waals surface area contributed by atoms with Gasteiger partial charge in [0, 0.05) is 19.0 Å². The molecule has 4 aromatic rings. The molecule has 0 saturated heterocycles. The molecule has 1 aliphatic carbocycles. The molecular formula is C30H32N3P. The van der Waals surface area contributed by atoms with Crippen molar-refractivity contribution < 1.29 is 0 Å². The molecule has 1 aromatic heterocycles. The fraction of sp³-hybridized carbons (Fsp3) is 0.233. The Bertz CT molecular complexity index is 1310. The van der Waals surface area contributed by atoms with E-state index < -0.39 is 7.92 Å². The molecule has 0 saturated carbocycles. The monoisotopic (exact) mass is 465 g/mol. The lowest BCUT2D eigenvalue weighted by molar-refractivity contribution is 0.475. The molecule has 3 aromatic carbocycles. The highest BCUT2D eigenvalue weighted by Gasteiger charge is 2.29. The van der Waals surface area contributed by atoms with Crippen molar-refractivity contribution in [2.24, 2.45) is 13.0 Å². The summed E-state index contributed by atoms with van der Waals surface area (Å²) >= 11 is 0. The second-order valence-corrected chi connectivity index (χ2v) is 11.4. The predicted octanol–water partition coefficient (Wildman–Crippen LogP) is 5.87. The molecule has 0 radical (unpaired) electrons. The smallest absolute Gasteiger partial charge is 0.123 e. The molecule has 1 heterocycles. The van der Waals surface area contributed by atoms with E-state index in [2.05, 4.69) is 129 Å². The first-order chi connectivity index (χ1) is 16.5. The van der Waals surface area contributed by atoms with Crippen molar-refractivity contribution in [3.05, 3.63) is 113 Å². The molecule has 0 aliphatic heterocycles. The highest BCUT2D eigenvalue weighted by Crippen LogP contribution is 2.49. The minimum absolute atomic E-state index is 0.297. The number of hydrogen-bond acceptors (Lipinski definition) is 2. The first-order valence-electron chi connectivity index (χ1n) is 12.0. The van der Waals surface area contributed by atoms with Gasteiger partial charge in [-0.15, -0.1) is 0 Å². The summed E-state index contributed by atoms with van der Waals surface area (Å²) in [4.78, 5) is 4.93. The van der Waals surface area contributed by atoms with Crippen molar-refractivity contribution >= 4 is 29.6 Å². The Morgan fingerprint density at radius 3 is 2.21 bits per heavy atom. The third-order valence-corrected chi connectivity index (χ3v) is 9.52. The number of allylic oxidation sites excluding steroid dienone is 2. The summed E-state index contributed by atoms with van der Waals surface area (Å²) < 4.78 is 2.23. The SMILES string of the molecule is Cc1cc2nc(CN[C@@H](C)C3C=CC=C3P(c3ccccc3)c3ccccc3)n(C)c2cc1C. The Labute approximate surface area is 204 Å². The molecule has 172 valence electrons. The van der Waals surface area contributed by atoms with E-state index in [1.807, 2.05) is 0 Å². The van der Waals surface area contributed by atoms with Crippen molar-refractivity contribution in [1.29, 1.82) is 0 Å². The van der Waals surface area contributed by atoms with Crippen molar-refractivity contribution in [3.63, 3.8) is 0 Å². The minimum atomic E-state index is -0.581. The van der Waals surface area contributed by atoms with Crippen molar-refractivity contribution in [2.45, 2.75) is 33.4 Å². The summed E-state index contributed by atoms with van der Waals surface area (Å²) in [5.74, 6) is 1.43. The van der Waals surface area contributed by atoms with E-state index in [0.717, 1.165) is 17.9 Å². The topological polar surface area (TPSA) is 29.9 Å². The van der Waals surface area contributed by atoms with E-state index >= 15 is 0 Å². The van der Waals surface area contributed by atoms with Gasteiger partial charge in [-0.25, -0.2) is 4.98 Å². The van der Waals surface area contributed by atoms with Crippen LogP contribution >= 0.6 is 7.92 Å². The molecule has 1 N–H and O–H groups in total. The fourth-order valence-electron chi connectivity index (χ4n) is 4.77. The van der Waals surface area contributed by atoms with Crippen molar-refractivity contribution in [2.75, 3.05) is 0 Å². The van der Waals surface area contributed by atoms with Crippen LogP contribution in [0.25, 0.3) is 11.0 Å². The lowest BCUT2D eigenvalue weighted by atomic mass is 10.0. The molecule has 34 heavy (non-hydrogen) atoms. The van der Waals surface area contributed by atoms with Crippen LogP contribution in [0.2, 0.25) is 0 Å². The minimum Gasteiger partial charge on any atom is -0.330 e. The number of nitrogens with zero attached hydrogens (tertiary/aromatic N) is 2. The van der Waals surface area contributed by atoms with E-state index in [-0.39, 0.29) is 0 Å². The lowest BCUT2D eigenvalue weighted by Gasteiger charge is -2.29. The fourth-order valence-corrected chi connectivity index (χ4v) is 7.44. The maximum absolute atomic E-state index is 4.93. The number of aromatic nitrogens is 2. The highest BCUT2D eigenvalue weighted by molar-refractivity contribution is 7.76. The normalized spacial score (nSPS) is 16.4. The average Bonchev–Trinajstić information content (AvgIpc) is 3.45. The van der Waals surface area contributed by atoms with Gasteiger partial charge in [-0.2, -0.15) is 0 Å². The Morgan fingerprint density at radius 2 is 1.56 bits per heavy atom. The summed E-state index contributed by atoms with van der Waals surface area (Å²) in [6.45, 7) is 7.37. The molecule has 4 heteroatoms. The van der Waals surface area contributed by atoms with E-state index in [0.29, 0.717) is 12.0 Å². The molecular weight excluding hydrogens is 433 g/mol. The van der Waals surface area contributed by atoms with E-state index in [1.54, 1.807) is 0 Å². The van der Waals surface area contributed by atoms with Crippen LogP contribution in [-0.4, -0.2) is 15.6 Å². The highest BCUT2D eigenvalue weighted by atomic mass is 31.1. The van der Waals surface area contributed by atoms with Gasteiger partial charge in [0.2, 0.25) is 0 Å². The average molecular weight is 466 g/mol. The maximum Gasteiger partial charge on any atom is 0.123 e. The Hall–Kier alpha value is -3.00. The van der Waals surface area contributed by atoms with E-state index in [1.165, 1.54) is 32.6 Å². The van der Waals surface area contributed by atoms with Gasteiger partial charge in [-0.1, -0.05) is 78.9 Å². The molecule has 5 rings (SSSR count). The van der Waals surface area contributed by atoms with Crippen LogP contribution in [-0.2, 0) is 13.6 Å². The first-order valence-corrected chi connectivity index (χ1v) is 13.3. The van der Waals surface area contributed by atoms with Gasteiger partial charge in [0.15, 0.2) is 0 Å². The largest absolute Gasteiger partial charge is 0.330 e. The van der Waals surface area contributed by atoms with Gasteiger partial charge in [0.1, 0.15) is 5.82 Å². The zero-order chi connectivity index (χ0) is 23.7. The van der Waals surface area contributed by atoms with Crippen LogP contribution in [0.5, 0.6) is 0 Å².